The maximum absolute atomic E-state index is 13.7. The molecule has 0 saturated carbocycles. The van der Waals surface area contributed by atoms with Crippen molar-refractivity contribution in [2.75, 3.05) is 50.4 Å². The summed E-state index contributed by atoms with van der Waals surface area (Å²) in [6.45, 7) is 3.20. The zero-order valence-corrected chi connectivity index (χ0v) is 25.2. The highest BCUT2D eigenvalue weighted by Gasteiger charge is 2.26. The van der Waals surface area contributed by atoms with Gasteiger partial charge in [-0.1, -0.05) is 12.1 Å². The Kier molecular flexibility index (Phi) is 11.1. The van der Waals surface area contributed by atoms with Gasteiger partial charge in [0.15, 0.2) is 5.96 Å². The van der Waals surface area contributed by atoms with Crippen LogP contribution < -0.4 is 27.4 Å². The number of urea groups is 1. The van der Waals surface area contributed by atoms with Crippen LogP contribution in [0.25, 0.3) is 11.1 Å². The Hall–Kier alpha value is -3.63. The molecule has 0 aliphatic rings. The first-order chi connectivity index (χ1) is 19.5. The van der Waals surface area contributed by atoms with Gasteiger partial charge < -0.3 is 36.9 Å². The number of sulfone groups is 1. The number of rotatable bonds is 13. The van der Waals surface area contributed by atoms with Gasteiger partial charge in [-0.25, -0.2) is 13.2 Å². The molecule has 0 unspecified atom stereocenters. The topological polar surface area (TPSA) is 206 Å². The van der Waals surface area contributed by atoms with Crippen LogP contribution in [0.5, 0.6) is 0 Å². The van der Waals surface area contributed by atoms with E-state index in [0.717, 1.165) is 11.3 Å². The van der Waals surface area contributed by atoms with Crippen LogP contribution in [0.3, 0.4) is 0 Å². The number of ether oxygens (including phenoxy) is 2. The summed E-state index contributed by atoms with van der Waals surface area (Å²) in [5, 5.41) is 23.6. The van der Waals surface area contributed by atoms with Gasteiger partial charge in [-0.05, 0) is 54.6 Å². The zero-order chi connectivity index (χ0) is 30.2. The molecule has 220 valence electrons. The Balaban J connectivity index is 1.99. The minimum Gasteiger partial charge on any atom is -0.383 e. The molecule has 0 fully saturated rings. The van der Waals surface area contributed by atoms with E-state index >= 15 is 0 Å². The molecule has 0 aliphatic carbocycles. The second-order valence-electron chi connectivity index (χ2n) is 8.65. The van der Waals surface area contributed by atoms with Crippen LogP contribution in [0.2, 0.25) is 0 Å². The Labute approximate surface area is 247 Å². The van der Waals surface area contributed by atoms with Gasteiger partial charge in [-0.2, -0.15) is 0 Å². The molecule has 0 radical (unpaired) electrons. The van der Waals surface area contributed by atoms with Gasteiger partial charge in [0, 0.05) is 24.9 Å². The highest BCUT2D eigenvalue weighted by molar-refractivity contribution is 8.01. The monoisotopic (exact) mass is 619 g/mol. The number of anilines is 2. The summed E-state index contributed by atoms with van der Waals surface area (Å²) in [5.74, 6) is -0.481. The van der Waals surface area contributed by atoms with Gasteiger partial charge in [0.2, 0.25) is 9.84 Å². The van der Waals surface area contributed by atoms with E-state index in [2.05, 4.69) is 16.0 Å². The molecule has 2 amide bonds. The van der Waals surface area contributed by atoms with Gasteiger partial charge >= 0.3 is 6.03 Å². The molecule has 0 aliphatic heterocycles. The van der Waals surface area contributed by atoms with Crippen molar-refractivity contribution >= 4 is 62.1 Å². The minimum atomic E-state index is -3.96. The lowest BCUT2D eigenvalue weighted by atomic mass is 9.97. The number of nitrogens with one attached hydrogen (secondary N) is 5. The Morgan fingerprint density at radius 3 is 2.49 bits per heavy atom. The molecular weight excluding hydrogens is 587 g/mol. The molecule has 1 heterocycles. The van der Waals surface area contributed by atoms with Crippen LogP contribution in [0.1, 0.15) is 10.4 Å². The standard InChI is InChI=1S/C26H33N7O5S3/c1-15-11-17(32-25(29)30)13-19(33-26(34)31-7-8-38-10-9-37-2)22(15)16-5-4-6-18(12-16)41(35,36)21-14-20(23(27)28)40-24(21)39-3/h4-6,11-14H,7-10H2,1-3H3,(H3,27,28)(H4,29,30,32)(H2,31,33,34). The lowest BCUT2D eigenvalue weighted by molar-refractivity contribution is 0.0728. The van der Waals surface area contributed by atoms with Crippen LogP contribution in [-0.4, -0.2) is 66.0 Å². The number of methoxy groups -OCH3 is 1. The second kappa shape index (κ2) is 14.3. The first-order valence-corrected chi connectivity index (χ1v) is 15.7. The van der Waals surface area contributed by atoms with Crippen molar-refractivity contribution in [1.29, 1.82) is 10.8 Å². The Morgan fingerprint density at radius 1 is 1.07 bits per heavy atom. The third kappa shape index (κ3) is 8.20. The lowest BCUT2D eigenvalue weighted by Crippen LogP contribution is -2.32. The van der Waals surface area contributed by atoms with Crippen LogP contribution in [0.4, 0.5) is 16.2 Å². The SMILES string of the molecule is COCCOCCNC(=O)Nc1cc(NC(=N)N)cc(C)c1-c1cccc(S(=O)(=O)c2cc(C(=N)N)sc2SC)c1. The third-order valence-corrected chi connectivity index (χ3v) is 10.0. The van der Waals surface area contributed by atoms with Crippen LogP contribution in [0, 0.1) is 17.7 Å². The number of hydrogen-bond acceptors (Lipinski definition) is 9. The number of amides is 2. The molecule has 0 spiro atoms. The summed E-state index contributed by atoms with van der Waals surface area (Å²) < 4.78 is 38.2. The highest BCUT2D eigenvalue weighted by atomic mass is 32.2. The number of hydrogen-bond donors (Lipinski definition) is 7. The molecule has 3 rings (SSSR count). The van der Waals surface area contributed by atoms with E-state index in [1.807, 2.05) is 0 Å². The number of thiophene rings is 1. The number of carbonyl (C=O) groups excluding carboxylic acids is 1. The largest absolute Gasteiger partial charge is 0.383 e. The molecule has 12 nitrogen and oxygen atoms in total. The molecule has 41 heavy (non-hydrogen) atoms. The van der Waals surface area contributed by atoms with E-state index in [4.69, 9.17) is 31.8 Å². The number of carbonyl (C=O) groups is 1. The summed E-state index contributed by atoms with van der Waals surface area (Å²) in [6, 6.07) is 10.7. The summed E-state index contributed by atoms with van der Waals surface area (Å²) in [4.78, 5) is 13.3. The second-order valence-corrected chi connectivity index (χ2v) is 12.7. The van der Waals surface area contributed by atoms with Crippen molar-refractivity contribution in [1.82, 2.24) is 5.32 Å². The van der Waals surface area contributed by atoms with Crippen molar-refractivity contribution in [2.45, 2.75) is 20.9 Å². The highest BCUT2D eigenvalue weighted by Crippen LogP contribution is 2.39. The molecule has 3 aromatic rings. The zero-order valence-electron chi connectivity index (χ0n) is 22.8. The fraction of sp³-hybridized carbons (Fsp3) is 0.269. The van der Waals surface area contributed by atoms with Gasteiger partial charge in [0.25, 0.3) is 0 Å². The molecule has 15 heteroatoms. The molecule has 9 N–H and O–H groups in total. The average Bonchev–Trinajstić information content (AvgIpc) is 3.36. The lowest BCUT2D eigenvalue weighted by Gasteiger charge is -2.18. The predicted octanol–water partition coefficient (Wildman–Crippen LogP) is 3.65. The smallest absolute Gasteiger partial charge is 0.319 e. The number of aryl methyl sites for hydroxylation is 1. The van der Waals surface area contributed by atoms with E-state index in [9.17, 15) is 13.2 Å². The van der Waals surface area contributed by atoms with Gasteiger partial charge in [0.1, 0.15) is 5.84 Å². The van der Waals surface area contributed by atoms with Crippen LogP contribution in [-0.2, 0) is 19.3 Å². The summed E-state index contributed by atoms with van der Waals surface area (Å²) in [5.41, 5.74) is 13.8. The Bertz CT molecular complexity index is 1540. The maximum Gasteiger partial charge on any atom is 0.319 e. The first-order valence-electron chi connectivity index (χ1n) is 12.2. The summed E-state index contributed by atoms with van der Waals surface area (Å²) in [7, 11) is -2.39. The number of thioether (sulfide) groups is 1. The normalized spacial score (nSPS) is 11.2. The number of nitrogen functional groups attached to an aromatic ring is 1. The fourth-order valence-corrected chi connectivity index (χ4v) is 7.81. The predicted molar refractivity (Wildman–Crippen MR) is 164 cm³/mol. The third-order valence-electron chi connectivity index (χ3n) is 5.67. The quantitative estimate of drug-likeness (QED) is 0.0644. The molecule has 0 bridgehead atoms. The van der Waals surface area contributed by atoms with Gasteiger partial charge in [-0.3, -0.25) is 10.8 Å². The van der Waals surface area contributed by atoms with Gasteiger partial charge in [-0.15, -0.1) is 23.1 Å². The van der Waals surface area contributed by atoms with E-state index in [0.29, 0.717) is 57.0 Å². The van der Waals surface area contributed by atoms with Crippen molar-refractivity contribution in [3.05, 3.63) is 52.9 Å². The minimum absolute atomic E-state index is 0.0483. The fourth-order valence-electron chi connectivity index (χ4n) is 3.91. The molecular formula is C26H33N7O5S3. The molecule has 2 aromatic carbocycles. The Morgan fingerprint density at radius 2 is 1.83 bits per heavy atom. The number of benzene rings is 2. The van der Waals surface area contributed by atoms with E-state index in [1.54, 1.807) is 44.6 Å². The van der Waals surface area contributed by atoms with Crippen LogP contribution >= 0.6 is 23.1 Å². The molecule has 1 aromatic heterocycles. The average molecular weight is 620 g/mol. The maximum atomic E-state index is 13.7. The number of nitrogens with two attached hydrogens (primary N) is 2. The van der Waals surface area contributed by atoms with Gasteiger partial charge in [0.05, 0.1) is 44.4 Å². The van der Waals surface area contributed by atoms with E-state index in [-0.39, 0.29) is 28.1 Å². The molecule has 0 atom stereocenters. The number of guanidine groups is 1. The van der Waals surface area contributed by atoms with Crippen molar-refractivity contribution < 1.29 is 22.7 Å². The van der Waals surface area contributed by atoms with Crippen molar-refractivity contribution in [2.24, 2.45) is 11.5 Å². The summed E-state index contributed by atoms with van der Waals surface area (Å²) >= 11 is 2.42. The van der Waals surface area contributed by atoms with Crippen LogP contribution in [0.15, 0.2) is 56.5 Å². The van der Waals surface area contributed by atoms with Crippen molar-refractivity contribution in [3.63, 3.8) is 0 Å². The van der Waals surface area contributed by atoms with E-state index in [1.165, 1.54) is 30.0 Å². The first kappa shape index (κ1) is 31.9. The summed E-state index contributed by atoms with van der Waals surface area (Å²) in [6.07, 6.45) is 1.76. The number of amidine groups is 1. The van der Waals surface area contributed by atoms with Crippen molar-refractivity contribution in [3.8, 4) is 11.1 Å². The molecule has 0 saturated heterocycles. The van der Waals surface area contributed by atoms with E-state index < -0.39 is 15.9 Å².